The predicted molar refractivity (Wildman–Crippen MR) is 34.5 cm³/mol. The molecule has 2 aliphatic rings. The molecular weight excluding hydrogens is 130 g/mol. The smallest absolute Gasteiger partial charge is 0.145 e. The molecule has 1 aliphatic heterocycles. The lowest BCUT2D eigenvalue weighted by Gasteiger charge is -2.00. The van der Waals surface area contributed by atoms with Crippen molar-refractivity contribution in [2.45, 2.75) is 6.42 Å². The highest BCUT2D eigenvalue weighted by Gasteiger charge is 2.43. The Bertz CT molecular complexity index is 180. The summed E-state index contributed by atoms with van der Waals surface area (Å²) in [6.45, 7) is 1.44. The quantitative estimate of drug-likeness (QED) is 0.454. The van der Waals surface area contributed by atoms with Gasteiger partial charge in [-0.05, 0) is 0 Å². The van der Waals surface area contributed by atoms with Crippen LogP contribution in [0.5, 0.6) is 0 Å². The van der Waals surface area contributed by atoms with Gasteiger partial charge in [-0.2, -0.15) is 0 Å². The Morgan fingerprint density at radius 3 is 2.10 bits per heavy atom. The Morgan fingerprint density at radius 1 is 1.10 bits per heavy atom. The molecule has 1 saturated carbocycles. The van der Waals surface area contributed by atoms with Crippen LogP contribution < -0.4 is 5.32 Å². The Morgan fingerprint density at radius 2 is 1.60 bits per heavy atom. The van der Waals surface area contributed by atoms with Crippen molar-refractivity contribution in [1.29, 1.82) is 0 Å². The highest BCUT2D eigenvalue weighted by Crippen LogP contribution is 2.27. The van der Waals surface area contributed by atoms with E-state index < -0.39 is 0 Å². The van der Waals surface area contributed by atoms with E-state index in [4.69, 9.17) is 0 Å². The van der Waals surface area contributed by atoms with Gasteiger partial charge in [-0.25, -0.2) is 0 Å². The van der Waals surface area contributed by atoms with Crippen molar-refractivity contribution >= 4 is 11.6 Å². The third-order valence-electron chi connectivity index (χ3n) is 2.39. The SMILES string of the molecule is O=C1CC(=O)[C@@H]2CNC[C@H]12. The van der Waals surface area contributed by atoms with Crippen molar-refractivity contribution in [2.24, 2.45) is 11.8 Å². The average molecular weight is 139 g/mol. The van der Waals surface area contributed by atoms with Gasteiger partial charge >= 0.3 is 0 Å². The van der Waals surface area contributed by atoms with Crippen LogP contribution in [0.25, 0.3) is 0 Å². The van der Waals surface area contributed by atoms with Gasteiger partial charge in [-0.1, -0.05) is 0 Å². The van der Waals surface area contributed by atoms with E-state index in [1.807, 2.05) is 0 Å². The second kappa shape index (κ2) is 1.89. The summed E-state index contributed by atoms with van der Waals surface area (Å²) < 4.78 is 0. The van der Waals surface area contributed by atoms with Gasteiger partial charge in [0.25, 0.3) is 0 Å². The van der Waals surface area contributed by atoms with Gasteiger partial charge in [0.15, 0.2) is 0 Å². The van der Waals surface area contributed by atoms with Crippen LogP contribution in [0.4, 0.5) is 0 Å². The average Bonchev–Trinajstić information content (AvgIpc) is 2.39. The lowest BCUT2D eigenvalue weighted by atomic mass is 10.00. The van der Waals surface area contributed by atoms with Crippen LogP contribution >= 0.6 is 0 Å². The summed E-state index contributed by atoms with van der Waals surface area (Å²) in [5.74, 6) is 0.319. The number of Topliss-reactive ketones (excluding diaryl/α,β-unsaturated/α-hetero) is 2. The zero-order valence-electron chi connectivity index (χ0n) is 5.59. The van der Waals surface area contributed by atoms with Crippen molar-refractivity contribution in [3.63, 3.8) is 0 Å². The van der Waals surface area contributed by atoms with Crippen LogP contribution in [0, 0.1) is 11.8 Å². The monoisotopic (exact) mass is 139 g/mol. The number of rotatable bonds is 0. The first-order valence-electron chi connectivity index (χ1n) is 3.55. The van der Waals surface area contributed by atoms with Gasteiger partial charge in [-0.3, -0.25) is 9.59 Å². The number of fused-ring (bicyclic) bond motifs is 1. The van der Waals surface area contributed by atoms with E-state index in [-0.39, 0.29) is 29.8 Å². The van der Waals surface area contributed by atoms with E-state index in [1.165, 1.54) is 0 Å². The minimum atomic E-state index is 0.0208. The van der Waals surface area contributed by atoms with Crippen LogP contribution in [0.3, 0.4) is 0 Å². The maximum Gasteiger partial charge on any atom is 0.145 e. The third-order valence-corrected chi connectivity index (χ3v) is 2.39. The Labute approximate surface area is 58.8 Å². The first-order chi connectivity index (χ1) is 4.79. The molecule has 2 fully saturated rings. The summed E-state index contributed by atoms with van der Waals surface area (Å²) in [6.07, 6.45) is 0.191. The molecule has 1 aliphatic carbocycles. The molecule has 3 heteroatoms. The van der Waals surface area contributed by atoms with Crippen molar-refractivity contribution < 1.29 is 9.59 Å². The van der Waals surface area contributed by atoms with Crippen molar-refractivity contribution in [3.8, 4) is 0 Å². The number of nitrogens with one attached hydrogen (secondary N) is 1. The molecule has 1 saturated heterocycles. The molecule has 0 unspecified atom stereocenters. The van der Waals surface area contributed by atoms with Gasteiger partial charge in [0.05, 0.1) is 6.42 Å². The highest BCUT2D eigenvalue weighted by atomic mass is 16.2. The number of ketones is 2. The van der Waals surface area contributed by atoms with Crippen LogP contribution in [-0.2, 0) is 9.59 Å². The molecule has 0 aromatic heterocycles. The largest absolute Gasteiger partial charge is 0.315 e. The molecular formula is C7H9NO2. The first kappa shape index (κ1) is 6.04. The summed E-state index contributed by atoms with van der Waals surface area (Å²) in [7, 11) is 0. The Hall–Kier alpha value is -0.700. The first-order valence-corrected chi connectivity index (χ1v) is 3.55. The maximum atomic E-state index is 11.0. The van der Waals surface area contributed by atoms with Gasteiger partial charge in [-0.15, -0.1) is 0 Å². The van der Waals surface area contributed by atoms with Crippen LogP contribution in [-0.4, -0.2) is 24.7 Å². The molecule has 0 amide bonds. The van der Waals surface area contributed by atoms with Crippen molar-refractivity contribution in [1.82, 2.24) is 5.32 Å². The molecule has 0 radical (unpaired) electrons. The lowest BCUT2D eigenvalue weighted by Crippen LogP contribution is -2.15. The lowest BCUT2D eigenvalue weighted by molar-refractivity contribution is -0.123. The topological polar surface area (TPSA) is 46.2 Å². The number of carbonyl (C=O) groups excluding carboxylic acids is 2. The van der Waals surface area contributed by atoms with E-state index in [0.717, 1.165) is 13.1 Å². The molecule has 0 aromatic carbocycles. The van der Waals surface area contributed by atoms with Gasteiger partial charge in [0.2, 0.25) is 0 Å². The van der Waals surface area contributed by atoms with E-state index >= 15 is 0 Å². The molecule has 0 aromatic rings. The number of hydrogen-bond donors (Lipinski definition) is 1. The molecule has 10 heavy (non-hydrogen) atoms. The van der Waals surface area contributed by atoms with Gasteiger partial charge in [0, 0.05) is 24.9 Å². The normalized spacial score (nSPS) is 38.8. The Kier molecular flexibility index (Phi) is 1.14. The predicted octanol–water partition coefficient (Wildman–Crippen LogP) is -0.636. The van der Waals surface area contributed by atoms with E-state index in [2.05, 4.69) is 5.32 Å². The fourth-order valence-corrected chi connectivity index (χ4v) is 1.79. The van der Waals surface area contributed by atoms with Crippen molar-refractivity contribution in [2.75, 3.05) is 13.1 Å². The third kappa shape index (κ3) is 0.639. The molecule has 3 nitrogen and oxygen atoms in total. The van der Waals surface area contributed by atoms with E-state index in [1.54, 1.807) is 0 Å². The highest BCUT2D eigenvalue weighted by molar-refractivity contribution is 6.09. The molecule has 1 heterocycles. The van der Waals surface area contributed by atoms with E-state index in [9.17, 15) is 9.59 Å². The zero-order valence-corrected chi connectivity index (χ0v) is 5.59. The minimum absolute atomic E-state index is 0.0208. The number of hydrogen-bond acceptors (Lipinski definition) is 3. The molecule has 2 rings (SSSR count). The fraction of sp³-hybridized carbons (Fsp3) is 0.714. The molecule has 1 N–H and O–H groups in total. The minimum Gasteiger partial charge on any atom is -0.315 e. The van der Waals surface area contributed by atoms with Gasteiger partial charge in [0.1, 0.15) is 11.6 Å². The molecule has 0 spiro atoms. The summed E-state index contributed by atoms with van der Waals surface area (Å²) in [5, 5.41) is 3.04. The second-order valence-corrected chi connectivity index (χ2v) is 2.98. The molecule has 2 atom stereocenters. The van der Waals surface area contributed by atoms with Crippen LogP contribution in [0.15, 0.2) is 0 Å². The Balaban J connectivity index is 2.27. The molecule has 0 bridgehead atoms. The van der Waals surface area contributed by atoms with Crippen LogP contribution in [0.2, 0.25) is 0 Å². The van der Waals surface area contributed by atoms with Crippen LogP contribution in [0.1, 0.15) is 6.42 Å². The fourth-order valence-electron chi connectivity index (χ4n) is 1.79. The summed E-state index contributed by atoms with van der Waals surface area (Å²) in [6, 6.07) is 0. The zero-order chi connectivity index (χ0) is 7.14. The van der Waals surface area contributed by atoms with E-state index in [0.29, 0.717) is 0 Å². The van der Waals surface area contributed by atoms with Crippen molar-refractivity contribution in [3.05, 3.63) is 0 Å². The second-order valence-electron chi connectivity index (χ2n) is 2.98. The van der Waals surface area contributed by atoms with Gasteiger partial charge < -0.3 is 5.32 Å². The maximum absolute atomic E-state index is 11.0. The summed E-state index contributed by atoms with van der Waals surface area (Å²) >= 11 is 0. The summed E-state index contributed by atoms with van der Waals surface area (Å²) in [4.78, 5) is 22.0. The summed E-state index contributed by atoms with van der Waals surface area (Å²) in [5.41, 5.74) is 0. The standard InChI is InChI=1S/C7H9NO2/c9-6-1-7(10)5-3-8-2-4(5)6/h4-5,8H,1-3H2/t4-,5+. The number of carbonyl (C=O) groups is 2. The molecule has 54 valence electrons.